The van der Waals surface area contributed by atoms with E-state index in [1.807, 2.05) is 0 Å². The van der Waals surface area contributed by atoms with E-state index >= 15 is 0 Å². The van der Waals surface area contributed by atoms with Crippen molar-refractivity contribution < 1.29 is 4.74 Å². The predicted molar refractivity (Wildman–Crippen MR) is 84.4 cm³/mol. The molecule has 4 nitrogen and oxygen atoms in total. The molecule has 1 fully saturated rings. The van der Waals surface area contributed by atoms with Crippen LogP contribution < -0.4 is 5.32 Å². The molecule has 1 aliphatic rings. The fourth-order valence-electron chi connectivity index (χ4n) is 2.18. The molecule has 1 aromatic rings. The van der Waals surface area contributed by atoms with Crippen molar-refractivity contribution in [2.24, 2.45) is 0 Å². The average Bonchev–Trinajstić information content (AvgIpc) is 2.88. The van der Waals surface area contributed by atoms with Gasteiger partial charge in [0, 0.05) is 30.4 Å². The quantitative estimate of drug-likeness (QED) is 0.817. The van der Waals surface area contributed by atoms with Gasteiger partial charge in [-0.25, -0.2) is 4.98 Å². The third-order valence-corrected chi connectivity index (χ3v) is 4.38. The van der Waals surface area contributed by atoms with E-state index in [0.29, 0.717) is 0 Å². The fourth-order valence-corrected chi connectivity index (χ4v) is 3.17. The summed E-state index contributed by atoms with van der Waals surface area (Å²) in [5.74, 6) is 0. The molecule has 1 aliphatic heterocycles. The van der Waals surface area contributed by atoms with Crippen LogP contribution in [0, 0.1) is 0 Å². The van der Waals surface area contributed by atoms with Crippen LogP contribution in [-0.4, -0.2) is 49.3 Å². The SMILES string of the molecule is CC(C)(C)c1csc(CNCCCN2CCOCC2)n1. The summed E-state index contributed by atoms with van der Waals surface area (Å²) in [6, 6.07) is 0. The van der Waals surface area contributed by atoms with E-state index < -0.39 is 0 Å². The maximum absolute atomic E-state index is 5.35. The minimum absolute atomic E-state index is 0.158. The maximum Gasteiger partial charge on any atom is 0.107 e. The molecule has 0 spiro atoms. The zero-order valence-corrected chi connectivity index (χ0v) is 13.8. The van der Waals surface area contributed by atoms with Crippen LogP contribution in [-0.2, 0) is 16.7 Å². The van der Waals surface area contributed by atoms with Gasteiger partial charge >= 0.3 is 0 Å². The van der Waals surface area contributed by atoms with Crippen LogP contribution in [0.1, 0.15) is 37.9 Å². The molecule has 1 saturated heterocycles. The number of hydrogen-bond donors (Lipinski definition) is 1. The van der Waals surface area contributed by atoms with Gasteiger partial charge in [-0.1, -0.05) is 20.8 Å². The maximum atomic E-state index is 5.35. The van der Waals surface area contributed by atoms with E-state index in [-0.39, 0.29) is 5.41 Å². The Balaban J connectivity index is 1.60. The lowest BCUT2D eigenvalue weighted by molar-refractivity contribution is 0.0374. The first kappa shape index (κ1) is 15.9. The van der Waals surface area contributed by atoms with Crippen molar-refractivity contribution in [2.75, 3.05) is 39.4 Å². The second kappa shape index (κ2) is 7.50. The predicted octanol–water partition coefficient (Wildman–Crippen LogP) is 2.25. The Labute approximate surface area is 126 Å². The highest BCUT2D eigenvalue weighted by molar-refractivity contribution is 7.09. The van der Waals surface area contributed by atoms with E-state index in [9.17, 15) is 0 Å². The Bertz CT molecular complexity index is 394. The third-order valence-electron chi connectivity index (χ3n) is 3.53. The molecule has 114 valence electrons. The summed E-state index contributed by atoms with van der Waals surface area (Å²) < 4.78 is 5.35. The Morgan fingerprint density at radius 2 is 2.10 bits per heavy atom. The molecule has 0 bridgehead atoms. The normalized spacial score (nSPS) is 17.6. The van der Waals surface area contributed by atoms with Crippen LogP contribution >= 0.6 is 11.3 Å². The van der Waals surface area contributed by atoms with E-state index in [2.05, 4.69) is 36.4 Å². The highest BCUT2D eigenvalue weighted by atomic mass is 32.1. The summed E-state index contributed by atoms with van der Waals surface area (Å²) >= 11 is 1.76. The summed E-state index contributed by atoms with van der Waals surface area (Å²) in [6.45, 7) is 13.7. The van der Waals surface area contributed by atoms with E-state index in [4.69, 9.17) is 9.72 Å². The van der Waals surface area contributed by atoms with Crippen LogP contribution in [0.4, 0.5) is 0 Å². The van der Waals surface area contributed by atoms with Gasteiger partial charge in [0.25, 0.3) is 0 Å². The van der Waals surface area contributed by atoms with Gasteiger partial charge in [0.15, 0.2) is 0 Å². The lowest BCUT2D eigenvalue weighted by atomic mass is 9.93. The van der Waals surface area contributed by atoms with E-state index in [1.165, 1.54) is 23.7 Å². The van der Waals surface area contributed by atoms with Crippen LogP contribution in [0.25, 0.3) is 0 Å². The van der Waals surface area contributed by atoms with Crippen LogP contribution in [0.2, 0.25) is 0 Å². The van der Waals surface area contributed by atoms with Gasteiger partial charge in [0.1, 0.15) is 5.01 Å². The van der Waals surface area contributed by atoms with Crippen molar-refractivity contribution in [2.45, 2.75) is 39.2 Å². The van der Waals surface area contributed by atoms with E-state index in [0.717, 1.165) is 39.4 Å². The lowest BCUT2D eigenvalue weighted by Crippen LogP contribution is -2.37. The van der Waals surface area contributed by atoms with Gasteiger partial charge in [-0.2, -0.15) is 0 Å². The topological polar surface area (TPSA) is 37.4 Å². The minimum Gasteiger partial charge on any atom is -0.379 e. The summed E-state index contributed by atoms with van der Waals surface area (Å²) in [7, 11) is 0. The van der Waals surface area contributed by atoms with Crippen LogP contribution in [0.3, 0.4) is 0 Å². The second-order valence-electron chi connectivity index (χ2n) is 6.36. The Hall–Kier alpha value is -0.490. The summed E-state index contributed by atoms with van der Waals surface area (Å²) in [5, 5.41) is 6.88. The Morgan fingerprint density at radius 3 is 2.75 bits per heavy atom. The molecule has 0 aliphatic carbocycles. The van der Waals surface area contributed by atoms with Gasteiger partial charge in [0.05, 0.1) is 18.9 Å². The molecule has 0 radical (unpaired) electrons. The van der Waals surface area contributed by atoms with E-state index in [1.54, 1.807) is 11.3 Å². The van der Waals surface area contributed by atoms with Gasteiger partial charge in [-0.3, -0.25) is 4.90 Å². The summed E-state index contributed by atoms with van der Waals surface area (Å²) in [6.07, 6.45) is 1.19. The van der Waals surface area contributed by atoms with Crippen molar-refractivity contribution in [1.29, 1.82) is 0 Å². The molecule has 0 atom stereocenters. The van der Waals surface area contributed by atoms with Gasteiger partial charge < -0.3 is 10.1 Å². The number of ether oxygens (including phenoxy) is 1. The first-order valence-corrected chi connectivity index (χ1v) is 8.39. The molecule has 0 amide bonds. The molecule has 20 heavy (non-hydrogen) atoms. The number of rotatable bonds is 6. The highest BCUT2D eigenvalue weighted by Gasteiger charge is 2.17. The zero-order valence-electron chi connectivity index (χ0n) is 12.9. The number of morpholine rings is 1. The number of nitrogens with zero attached hydrogens (tertiary/aromatic N) is 2. The van der Waals surface area contributed by atoms with Crippen LogP contribution in [0.5, 0.6) is 0 Å². The fraction of sp³-hybridized carbons (Fsp3) is 0.800. The third kappa shape index (κ3) is 5.13. The minimum atomic E-state index is 0.158. The van der Waals surface area contributed by atoms with Crippen molar-refractivity contribution in [3.8, 4) is 0 Å². The molecule has 2 heterocycles. The molecular formula is C15H27N3OS. The van der Waals surface area contributed by atoms with Gasteiger partial charge in [0.2, 0.25) is 0 Å². The smallest absolute Gasteiger partial charge is 0.107 e. The monoisotopic (exact) mass is 297 g/mol. The molecule has 5 heteroatoms. The van der Waals surface area contributed by atoms with Crippen molar-refractivity contribution in [3.63, 3.8) is 0 Å². The molecule has 0 unspecified atom stereocenters. The standard InChI is InChI=1S/C15H27N3OS/c1-15(2,3)13-12-20-14(17-13)11-16-5-4-6-18-7-9-19-10-8-18/h12,16H,4-11H2,1-3H3. The number of thiazole rings is 1. The molecule has 0 aromatic carbocycles. The largest absolute Gasteiger partial charge is 0.379 e. The molecule has 1 aromatic heterocycles. The van der Waals surface area contributed by atoms with Crippen molar-refractivity contribution >= 4 is 11.3 Å². The van der Waals surface area contributed by atoms with Gasteiger partial charge in [-0.15, -0.1) is 11.3 Å². The summed E-state index contributed by atoms with van der Waals surface area (Å²) in [4.78, 5) is 7.18. The lowest BCUT2D eigenvalue weighted by Gasteiger charge is -2.26. The van der Waals surface area contributed by atoms with Crippen LogP contribution in [0.15, 0.2) is 5.38 Å². The number of nitrogens with one attached hydrogen (secondary N) is 1. The molecule has 1 N–H and O–H groups in total. The second-order valence-corrected chi connectivity index (χ2v) is 7.30. The summed E-state index contributed by atoms with van der Waals surface area (Å²) in [5.41, 5.74) is 1.36. The Kier molecular flexibility index (Phi) is 5.96. The Morgan fingerprint density at radius 1 is 1.35 bits per heavy atom. The highest BCUT2D eigenvalue weighted by Crippen LogP contribution is 2.23. The molecular weight excluding hydrogens is 270 g/mol. The zero-order chi connectivity index (χ0) is 14.4. The first-order valence-electron chi connectivity index (χ1n) is 7.51. The number of aromatic nitrogens is 1. The molecule has 0 saturated carbocycles. The van der Waals surface area contributed by atoms with Crippen molar-refractivity contribution in [3.05, 3.63) is 16.1 Å². The number of hydrogen-bond acceptors (Lipinski definition) is 5. The first-order chi connectivity index (χ1) is 9.55. The van der Waals surface area contributed by atoms with Crippen molar-refractivity contribution in [1.82, 2.24) is 15.2 Å². The molecule has 2 rings (SSSR count). The van der Waals surface area contributed by atoms with Gasteiger partial charge in [-0.05, 0) is 19.5 Å². The average molecular weight is 297 g/mol.